The van der Waals surface area contributed by atoms with Crippen LogP contribution in [0.25, 0.3) is 0 Å². The zero-order valence-electron chi connectivity index (χ0n) is 18.8. The number of rotatable bonds is 9. The number of hydrogen-bond acceptors (Lipinski definition) is 6. The van der Waals surface area contributed by atoms with Crippen molar-refractivity contribution < 1.29 is 9.53 Å². The molecule has 3 aromatic rings. The molecule has 1 aliphatic rings. The topological polar surface area (TPSA) is 95.2 Å². The summed E-state index contributed by atoms with van der Waals surface area (Å²) in [6.07, 6.45) is 0. The number of methoxy groups -OCH3 is 1. The number of nitrogens with one attached hydrogen (secondary N) is 2. The van der Waals surface area contributed by atoms with Crippen molar-refractivity contribution in [3.05, 3.63) is 82.8 Å². The summed E-state index contributed by atoms with van der Waals surface area (Å²) in [4.78, 5) is 20.3. The summed E-state index contributed by atoms with van der Waals surface area (Å²) in [5, 5.41) is 16.1. The van der Waals surface area contributed by atoms with Crippen molar-refractivity contribution in [2.75, 3.05) is 38.7 Å². The van der Waals surface area contributed by atoms with Crippen LogP contribution < -0.4 is 10.6 Å². The highest BCUT2D eigenvalue weighted by Crippen LogP contribution is 2.25. The molecule has 2 aromatic carbocycles. The molecule has 1 aliphatic heterocycles. The van der Waals surface area contributed by atoms with Gasteiger partial charge >= 0.3 is 0 Å². The number of hydrogen-bond donors (Lipinski definition) is 2. The minimum absolute atomic E-state index is 0.0886. The average molecular weight is 445 g/mol. The van der Waals surface area contributed by atoms with Gasteiger partial charge in [0, 0.05) is 39.8 Å². The van der Waals surface area contributed by atoms with Gasteiger partial charge in [-0.2, -0.15) is 5.26 Å². The van der Waals surface area contributed by atoms with Crippen LogP contribution >= 0.6 is 0 Å². The van der Waals surface area contributed by atoms with Crippen LogP contribution in [0.4, 0.5) is 5.82 Å². The van der Waals surface area contributed by atoms with E-state index in [4.69, 9.17) is 9.72 Å². The second-order valence-electron chi connectivity index (χ2n) is 7.89. The highest BCUT2D eigenvalue weighted by atomic mass is 16.5. The highest BCUT2D eigenvalue weighted by Gasteiger charge is 2.30. The van der Waals surface area contributed by atoms with E-state index in [1.807, 2.05) is 53.1 Å². The van der Waals surface area contributed by atoms with Gasteiger partial charge in [-0.25, -0.2) is 4.98 Å². The Bertz CT molecular complexity index is 1140. The maximum atomic E-state index is 13.7. The van der Waals surface area contributed by atoms with Crippen LogP contribution in [-0.2, 0) is 24.4 Å². The quantitative estimate of drug-likeness (QED) is 0.493. The Kier molecular flexibility index (Phi) is 7.35. The number of amides is 1. The highest BCUT2D eigenvalue weighted by molar-refractivity contribution is 5.98. The lowest BCUT2D eigenvalue weighted by Crippen LogP contribution is -2.34. The Morgan fingerprint density at radius 1 is 1.15 bits per heavy atom. The van der Waals surface area contributed by atoms with Crippen LogP contribution in [0.3, 0.4) is 0 Å². The van der Waals surface area contributed by atoms with Crippen molar-refractivity contribution in [1.82, 2.24) is 19.8 Å². The third-order valence-corrected chi connectivity index (χ3v) is 5.66. The smallest absolute Gasteiger partial charge is 0.274 e. The zero-order chi connectivity index (χ0) is 23.0. The van der Waals surface area contributed by atoms with Crippen LogP contribution in [0.5, 0.6) is 0 Å². The summed E-state index contributed by atoms with van der Waals surface area (Å²) in [5.41, 5.74) is 3.07. The van der Waals surface area contributed by atoms with Crippen molar-refractivity contribution in [2.45, 2.75) is 19.6 Å². The van der Waals surface area contributed by atoms with E-state index in [0.29, 0.717) is 63.0 Å². The molecule has 0 saturated heterocycles. The third kappa shape index (κ3) is 5.22. The monoisotopic (exact) mass is 444 g/mol. The molecular formula is C25H28N6O2. The molecule has 0 fully saturated rings. The first-order valence-electron chi connectivity index (χ1n) is 11.1. The maximum absolute atomic E-state index is 13.7. The summed E-state index contributed by atoms with van der Waals surface area (Å²) in [6.45, 7) is 3.85. The first kappa shape index (κ1) is 22.5. The van der Waals surface area contributed by atoms with Gasteiger partial charge in [-0.05, 0) is 17.2 Å². The van der Waals surface area contributed by atoms with E-state index in [2.05, 4.69) is 16.7 Å². The molecule has 8 heteroatoms. The van der Waals surface area contributed by atoms with Crippen LogP contribution in [0.15, 0.2) is 54.6 Å². The van der Waals surface area contributed by atoms with Gasteiger partial charge in [-0.1, -0.05) is 48.5 Å². The summed E-state index contributed by atoms with van der Waals surface area (Å²) in [6, 6.07) is 19.7. The number of anilines is 1. The summed E-state index contributed by atoms with van der Waals surface area (Å²) >= 11 is 0. The van der Waals surface area contributed by atoms with E-state index in [9.17, 15) is 10.1 Å². The second kappa shape index (κ2) is 10.8. The predicted octanol–water partition coefficient (Wildman–Crippen LogP) is 2.61. The van der Waals surface area contributed by atoms with E-state index in [1.165, 1.54) is 0 Å². The van der Waals surface area contributed by atoms with Gasteiger partial charge < -0.3 is 24.8 Å². The number of carbonyl (C=O) groups is 1. The maximum Gasteiger partial charge on any atom is 0.274 e. The van der Waals surface area contributed by atoms with Crippen molar-refractivity contribution in [2.24, 2.45) is 0 Å². The molecule has 0 radical (unpaired) electrons. The van der Waals surface area contributed by atoms with Crippen molar-refractivity contribution >= 4 is 11.7 Å². The van der Waals surface area contributed by atoms with Gasteiger partial charge in [0.25, 0.3) is 5.91 Å². The minimum atomic E-state index is -0.0886. The van der Waals surface area contributed by atoms with Crippen molar-refractivity contribution in [3.8, 4) is 6.07 Å². The molecule has 2 N–H and O–H groups in total. The Hall–Kier alpha value is -3.67. The van der Waals surface area contributed by atoms with Crippen LogP contribution in [0, 0.1) is 11.3 Å². The number of aromatic nitrogens is 2. The summed E-state index contributed by atoms with van der Waals surface area (Å²) in [5.74, 6) is 1.31. The molecule has 0 spiro atoms. The van der Waals surface area contributed by atoms with E-state index < -0.39 is 0 Å². The van der Waals surface area contributed by atoms with Gasteiger partial charge in [-0.3, -0.25) is 4.79 Å². The Labute approximate surface area is 193 Å². The molecule has 4 rings (SSSR count). The van der Waals surface area contributed by atoms with Crippen LogP contribution in [0.2, 0.25) is 0 Å². The molecule has 1 aromatic heterocycles. The molecule has 33 heavy (non-hydrogen) atoms. The molecule has 0 bridgehead atoms. The van der Waals surface area contributed by atoms with Crippen LogP contribution in [-0.4, -0.2) is 53.7 Å². The number of carbonyl (C=O) groups excluding carboxylic acids is 1. The number of imidazole rings is 1. The van der Waals surface area contributed by atoms with Gasteiger partial charge in [-0.15, -0.1) is 0 Å². The van der Waals surface area contributed by atoms with E-state index in [1.54, 1.807) is 18.1 Å². The molecule has 0 atom stereocenters. The molecule has 0 unspecified atom stereocenters. The number of benzene rings is 2. The average Bonchev–Trinajstić information content (AvgIpc) is 3.10. The molecular weight excluding hydrogens is 416 g/mol. The zero-order valence-corrected chi connectivity index (χ0v) is 18.8. The molecule has 8 nitrogen and oxygen atoms in total. The van der Waals surface area contributed by atoms with Crippen molar-refractivity contribution in [1.29, 1.82) is 5.26 Å². The fourth-order valence-corrected chi connectivity index (χ4v) is 3.97. The van der Waals surface area contributed by atoms with E-state index >= 15 is 0 Å². The van der Waals surface area contributed by atoms with Crippen LogP contribution in [0.1, 0.15) is 33.0 Å². The first-order valence-corrected chi connectivity index (χ1v) is 11.1. The van der Waals surface area contributed by atoms with Gasteiger partial charge in [0.1, 0.15) is 5.82 Å². The van der Waals surface area contributed by atoms with Gasteiger partial charge in [0.2, 0.25) is 0 Å². The SMILES string of the molecule is COCCNCc1nc2c(n1Cc1ccccc1)C(=O)N(Cc1ccccc1C#N)CCN2. The Morgan fingerprint density at radius 2 is 1.94 bits per heavy atom. The number of nitrogens with zero attached hydrogens (tertiary/aromatic N) is 4. The standard InChI is InChI=1S/C25H28N6O2/c1-33-14-12-27-16-22-29-24-23(31(22)17-19-7-3-2-4-8-19)25(32)30(13-11-28-24)18-21-10-6-5-9-20(21)15-26/h2-10,27-28H,11-14,16-18H2,1H3. The molecule has 170 valence electrons. The van der Waals surface area contributed by atoms with E-state index in [0.717, 1.165) is 17.0 Å². The first-order chi connectivity index (χ1) is 16.2. The molecule has 0 saturated carbocycles. The predicted molar refractivity (Wildman–Crippen MR) is 126 cm³/mol. The fraction of sp³-hybridized carbons (Fsp3) is 0.320. The van der Waals surface area contributed by atoms with Gasteiger partial charge in [0.05, 0.1) is 24.8 Å². The molecule has 1 amide bonds. The van der Waals surface area contributed by atoms with Gasteiger partial charge in [0.15, 0.2) is 11.5 Å². The summed E-state index contributed by atoms with van der Waals surface area (Å²) in [7, 11) is 1.67. The second-order valence-corrected chi connectivity index (χ2v) is 7.89. The lowest BCUT2D eigenvalue weighted by atomic mass is 10.1. The lowest BCUT2D eigenvalue weighted by Gasteiger charge is -2.22. The van der Waals surface area contributed by atoms with E-state index in [-0.39, 0.29) is 5.91 Å². The Morgan fingerprint density at radius 3 is 2.73 bits per heavy atom. The number of ether oxygens (including phenoxy) is 1. The molecule has 0 aliphatic carbocycles. The number of nitriles is 1. The summed E-state index contributed by atoms with van der Waals surface area (Å²) < 4.78 is 7.12. The normalized spacial score (nSPS) is 13.2. The molecule has 2 heterocycles. The largest absolute Gasteiger partial charge is 0.383 e. The third-order valence-electron chi connectivity index (χ3n) is 5.66. The fourth-order valence-electron chi connectivity index (χ4n) is 3.97. The lowest BCUT2D eigenvalue weighted by molar-refractivity contribution is 0.0745. The minimum Gasteiger partial charge on any atom is -0.383 e. The van der Waals surface area contributed by atoms with Crippen molar-refractivity contribution in [3.63, 3.8) is 0 Å². The Balaban J connectivity index is 1.66. The number of fused-ring (bicyclic) bond motifs is 1.